The summed E-state index contributed by atoms with van der Waals surface area (Å²) in [5.74, 6) is 0.527. The molecule has 17 heavy (non-hydrogen) atoms. The Balaban J connectivity index is 2.60. The van der Waals surface area contributed by atoms with Crippen molar-refractivity contribution in [3.05, 3.63) is 29.3 Å². The summed E-state index contributed by atoms with van der Waals surface area (Å²) < 4.78 is 10.3. The highest BCUT2D eigenvalue weighted by molar-refractivity contribution is 5.89. The molecule has 0 bridgehead atoms. The van der Waals surface area contributed by atoms with Crippen molar-refractivity contribution in [2.45, 2.75) is 33.1 Å². The molecule has 0 saturated heterocycles. The van der Waals surface area contributed by atoms with Gasteiger partial charge in [0.1, 0.15) is 5.75 Å². The van der Waals surface area contributed by atoms with Gasteiger partial charge in [0.25, 0.3) is 0 Å². The number of unbranched alkanes of at least 4 members (excludes halogenated alkanes) is 2. The lowest BCUT2D eigenvalue weighted by molar-refractivity contribution is 0.0600. The molecule has 0 aliphatic heterocycles. The molecule has 1 aromatic carbocycles. The zero-order valence-electron chi connectivity index (χ0n) is 10.8. The molecule has 0 fully saturated rings. The summed E-state index contributed by atoms with van der Waals surface area (Å²) in [7, 11) is 1.38. The second kappa shape index (κ2) is 6.94. The molecule has 0 aliphatic carbocycles. The maximum Gasteiger partial charge on any atom is 0.337 e. The second-order valence-corrected chi connectivity index (χ2v) is 4.03. The minimum Gasteiger partial charge on any atom is -0.493 e. The van der Waals surface area contributed by atoms with Gasteiger partial charge >= 0.3 is 5.97 Å². The SMILES string of the molecule is CCCCCOc1ccc(C(=O)OC)cc1C. The molecular weight excluding hydrogens is 216 g/mol. The third kappa shape index (κ3) is 4.10. The molecule has 3 nitrogen and oxygen atoms in total. The molecule has 0 aliphatic rings. The van der Waals surface area contributed by atoms with Crippen molar-refractivity contribution in [1.82, 2.24) is 0 Å². The predicted molar refractivity (Wildman–Crippen MR) is 67.5 cm³/mol. The Hall–Kier alpha value is -1.51. The number of carbonyl (C=O) groups excluding carboxylic acids is 1. The molecular formula is C14H20O3. The van der Waals surface area contributed by atoms with Crippen LogP contribution in [0, 0.1) is 6.92 Å². The van der Waals surface area contributed by atoms with Gasteiger partial charge in [0.15, 0.2) is 0 Å². The highest BCUT2D eigenvalue weighted by Crippen LogP contribution is 2.20. The second-order valence-electron chi connectivity index (χ2n) is 4.03. The van der Waals surface area contributed by atoms with Gasteiger partial charge in [-0.3, -0.25) is 0 Å². The number of carbonyl (C=O) groups is 1. The van der Waals surface area contributed by atoms with E-state index in [0.29, 0.717) is 5.56 Å². The van der Waals surface area contributed by atoms with Gasteiger partial charge in [-0.1, -0.05) is 19.8 Å². The summed E-state index contributed by atoms with van der Waals surface area (Å²) in [6.45, 7) is 4.82. The van der Waals surface area contributed by atoms with Gasteiger partial charge in [0.05, 0.1) is 19.3 Å². The third-order valence-electron chi connectivity index (χ3n) is 2.60. The number of ether oxygens (including phenoxy) is 2. The summed E-state index contributed by atoms with van der Waals surface area (Å²) >= 11 is 0. The first-order valence-corrected chi connectivity index (χ1v) is 6.00. The predicted octanol–water partition coefficient (Wildman–Crippen LogP) is 3.35. The van der Waals surface area contributed by atoms with Gasteiger partial charge in [-0.2, -0.15) is 0 Å². The van der Waals surface area contributed by atoms with Gasteiger partial charge in [0, 0.05) is 0 Å². The van der Waals surface area contributed by atoms with Crippen molar-refractivity contribution < 1.29 is 14.3 Å². The lowest BCUT2D eigenvalue weighted by Gasteiger charge is -2.09. The fourth-order valence-corrected chi connectivity index (χ4v) is 1.59. The average molecular weight is 236 g/mol. The van der Waals surface area contributed by atoms with E-state index in [1.165, 1.54) is 20.0 Å². The Labute approximate surface area is 103 Å². The van der Waals surface area contributed by atoms with Crippen molar-refractivity contribution in [3.8, 4) is 5.75 Å². The highest BCUT2D eigenvalue weighted by atomic mass is 16.5. The van der Waals surface area contributed by atoms with Crippen LogP contribution in [0.25, 0.3) is 0 Å². The van der Waals surface area contributed by atoms with E-state index in [2.05, 4.69) is 11.7 Å². The number of hydrogen-bond acceptors (Lipinski definition) is 3. The van der Waals surface area contributed by atoms with Crippen LogP contribution in [-0.2, 0) is 4.74 Å². The van der Waals surface area contributed by atoms with E-state index >= 15 is 0 Å². The fourth-order valence-electron chi connectivity index (χ4n) is 1.59. The van der Waals surface area contributed by atoms with Crippen molar-refractivity contribution >= 4 is 5.97 Å². The first kappa shape index (κ1) is 13.6. The summed E-state index contributed by atoms with van der Waals surface area (Å²) in [5, 5.41) is 0. The maximum atomic E-state index is 11.3. The Kier molecular flexibility index (Phi) is 5.53. The largest absolute Gasteiger partial charge is 0.493 e. The molecule has 0 atom stereocenters. The monoisotopic (exact) mass is 236 g/mol. The normalized spacial score (nSPS) is 10.1. The molecule has 0 amide bonds. The standard InChI is InChI=1S/C14H20O3/c1-4-5-6-9-17-13-8-7-12(10-11(13)2)14(15)16-3/h7-8,10H,4-6,9H2,1-3H3. The van der Waals surface area contributed by atoms with Gasteiger partial charge in [-0.25, -0.2) is 4.79 Å². The number of esters is 1. The molecule has 1 rings (SSSR count). The molecule has 0 spiro atoms. The van der Waals surface area contributed by atoms with E-state index < -0.39 is 0 Å². The van der Waals surface area contributed by atoms with Crippen LogP contribution in [0.15, 0.2) is 18.2 Å². The van der Waals surface area contributed by atoms with Crippen molar-refractivity contribution in [2.75, 3.05) is 13.7 Å². The molecule has 0 heterocycles. The molecule has 3 heteroatoms. The van der Waals surface area contributed by atoms with Crippen LogP contribution < -0.4 is 4.74 Å². The Morgan fingerprint density at radius 3 is 2.65 bits per heavy atom. The van der Waals surface area contributed by atoms with E-state index in [1.807, 2.05) is 13.0 Å². The molecule has 0 unspecified atom stereocenters. The molecule has 0 radical (unpaired) electrons. The van der Waals surface area contributed by atoms with Crippen LogP contribution >= 0.6 is 0 Å². The zero-order valence-corrected chi connectivity index (χ0v) is 10.8. The number of rotatable bonds is 6. The van der Waals surface area contributed by atoms with Crippen molar-refractivity contribution in [3.63, 3.8) is 0 Å². The van der Waals surface area contributed by atoms with Crippen molar-refractivity contribution in [1.29, 1.82) is 0 Å². The summed E-state index contributed by atoms with van der Waals surface area (Å²) in [5.41, 5.74) is 1.52. The van der Waals surface area contributed by atoms with Gasteiger partial charge in [-0.05, 0) is 37.1 Å². The smallest absolute Gasteiger partial charge is 0.337 e. The number of benzene rings is 1. The Morgan fingerprint density at radius 1 is 1.29 bits per heavy atom. The van der Waals surface area contributed by atoms with Crippen LogP contribution in [0.2, 0.25) is 0 Å². The quantitative estimate of drug-likeness (QED) is 0.561. The number of hydrogen-bond donors (Lipinski definition) is 0. The van der Waals surface area contributed by atoms with E-state index in [0.717, 1.165) is 24.3 Å². The fraction of sp³-hybridized carbons (Fsp3) is 0.500. The molecule has 1 aromatic rings. The first-order chi connectivity index (χ1) is 8.19. The molecule has 0 aromatic heterocycles. The van der Waals surface area contributed by atoms with Crippen LogP contribution in [0.5, 0.6) is 5.75 Å². The number of aryl methyl sites for hydroxylation is 1. The lowest BCUT2D eigenvalue weighted by Crippen LogP contribution is -2.03. The summed E-state index contributed by atoms with van der Waals surface area (Å²) in [6.07, 6.45) is 3.43. The molecule has 94 valence electrons. The molecule has 0 saturated carbocycles. The van der Waals surface area contributed by atoms with Crippen LogP contribution in [-0.4, -0.2) is 19.7 Å². The zero-order chi connectivity index (χ0) is 12.7. The van der Waals surface area contributed by atoms with E-state index in [4.69, 9.17) is 4.74 Å². The van der Waals surface area contributed by atoms with E-state index in [1.54, 1.807) is 12.1 Å². The van der Waals surface area contributed by atoms with E-state index in [-0.39, 0.29) is 5.97 Å². The summed E-state index contributed by atoms with van der Waals surface area (Å²) in [6, 6.07) is 5.35. The molecule has 0 N–H and O–H groups in total. The van der Waals surface area contributed by atoms with Gasteiger partial charge < -0.3 is 9.47 Å². The van der Waals surface area contributed by atoms with Gasteiger partial charge in [0.2, 0.25) is 0 Å². The third-order valence-corrected chi connectivity index (χ3v) is 2.60. The van der Waals surface area contributed by atoms with E-state index in [9.17, 15) is 4.79 Å². The topological polar surface area (TPSA) is 35.5 Å². The van der Waals surface area contributed by atoms with Crippen molar-refractivity contribution in [2.24, 2.45) is 0 Å². The van der Waals surface area contributed by atoms with Crippen LogP contribution in [0.1, 0.15) is 42.1 Å². The average Bonchev–Trinajstić information content (AvgIpc) is 2.35. The van der Waals surface area contributed by atoms with Gasteiger partial charge in [-0.15, -0.1) is 0 Å². The van der Waals surface area contributed by atoms with Crippen LogP contribution in [0.3, 0.4) is 0 Å². The maximum absolute atomic E-state index is 11.3. The van der Waals surface area contributed by atoms with Crippen LogP contribution in [0.4, 0.5) is 0 Å². The summed E-state index contributed by atoms with van der Waals surface area (Å²) in [4.78, 5) is 11.3. The Morgan fingerprint density at radius 2 is 2.06 bits per heavy atom. The minimum absolute atomic E-state index is 0.314. The Bertz CT molecular complexity index is 372. The minimum atomic E-state index is -0.314. The highest BCUT2D eigenvalue weighted by Gasteiger charge is 2.07. The number of methoxy groups -OCH3 is 1. The first-order valence-electron chi connectivity index (χ1n) is 6.00. The lowest BCUT2D eigenvalue weighted by atomic mass is 10.1.